The van der Waals surface area contributed by atoms with E-state index in [2.05, 4.69) is 9.97 Å². The van der Waals surface area contributed by atoms with Crippen LogP contribution in [0.5, 0.6) is 0 Å². The van der Waals surface area contributed by atoms with E-state index in [9.17, 15) is 14.4 Å². The number of hydrogen-bond donors (Lipinski definition) is 2. The molecule has 102 valence electrons. The van der Waals surface area contributed by atoms with Crippen LogP contribution in [0.1, 0.15) is 27.9 Å². The summed E-state index contributed by atoms with van der Waals surface area (Å²) in [6, 6.07) is 0. The summed E-state index contributed by atoms with van der Waals surface area (Å²) in [7, 11) is 0. The molecule has 0 aliphatic carbocycles. The standard InChI is InChI=1S/C11H14N4O4/c1-7(16)14-2-4-15(5-3-14)10(17)8-9(11(18)19)13-6-12-8/h6H,2-5H2,1H3,(H,12,13)(H,18,19). The van der Waals surface area contributed by atoms with Crippen LogP contribution >= 0.6 is 0 Å². The molecular weight excluding hydrogens is 252 g/mol. The Morgan fingerprint density at radius 1 is 1.21 bits per heavy atom. The second-order valence-electron chi connectivity index (χ2n) is 4.23. The fraction of sp³-hybridized carbons (Fsp3) is 0.455. The van der Waals surface area contributed by atoms with E-state index in [0.29, 0.717) is 26.2 Å². The Kier molecular flexibility index (Phi) is 3.50. The molecule has 1 aromatic heterocycles. The molecule has 8 heteroatoms. The van der Waals surface area contributed by atoms with Crippen molar-refractivity contribution < 1.29 is 19.5 Å². The van der Waals surface area contributed by atoms with E-state index in [4.69, 9.17) is 5.11 Å². The van der Waals surface area contributed by atoms with Crippen molar-refractivity contribution in [2.75, 3.05) is 26.2 Å². The number of imidazole rings is 1. The lowest BCUT2D eigenvalue weighted by Crippen LogP contribution is -2.50. The van der Waals surface area contributed by atoms with Crippen LogP contribution in [0, 0.1) is 0 Å². The van der Waals surface area contributed by atoms with Crippen LogP contribution < -0.4 is 0 Å². The molecule has 0 unspecified atom stereocenters. The molecule has 2 heterocycles. The third kappa shape index (κ3) is 2.56. The summed E-state index contributed by atoms with van der Waals surface area (Å²) in [5.74, 6) is -1.68. The summed E-state index contributed by atoms with van der Waals surface area (Å²) in [6.07, 6.45) is 1.18. The summed E-state index contributed by atoms with van der Waals surface area (Å²) < 4.78 is 0. The average Bonchev–Trinajstić information content (AvgIpc) is 2.87. The summed E-state index contributed by atoms with van der Waals surface area (Å²) in [6.45, 7) is 3.14. The zero-order valence-electron chi connectivity index (χ0n) is 10.4. The van der Waals surface area contributed by atoms with Crippen molar-refractivity contribution in [1.29, 1.82) is 0 Å². The highest BCUT2D eigenvalue weighted by molar-refractivity contribution is 6.02. The molecule has 2 rings (SSSR count). The third-order valence-corrected chi connectivity index (χ3v) is 3.07. The van der Waals surface area contributed by atoms with Crippen molar-refractivity contribution in [1.82, 2.24) is 19.8 Å². The number of hydrogen-bond acceptors (Lipinski definition) is 4. The lowest BCUT2D eigenvalue weighted by Gasteiger charge is -2.33. The molecule has 2 N–H and O–H groups in total. The fourth-order valence-corrected chi connectivity index (χ4v) is 1.99. The number of piperazine rings is 1. The molecule has 0 bridgehead atoms. The highest BCUT2D eigenvalue weighted by atomic mass is 16.4. The number of rotatable bonds is 2. The Morgan fingerprint density at radius 3 is 2.32 bits per heavy atom. The molecule has 19 heavy (non-hydrogen) atoms. The Morgan fingerprint density at radius 2 is 1.79 bits per heavy atom. The summed E-state index contributed by atoms with van der Waals surface area (Å²) in [5.41, 5.74) is -0.303. The number of nitrogens with zero attached hydrogens (tertiary/aromatic N) is 3. The van der Waals surface area contributed by atoms with Gasteiger partial charge in [0.1, 0.15) is 0 Å². The van der Waals surface area contributed by atoms with E-state index in [-0.39, 0.29) is 17.3 Å². The number of aromatic nitrogens is 2. The SMILES string of the molecule is CC(=O)N1CCN(C(=O)c2nc[nH]c2C(=O)O)CC1. The van der Waals surface area contributed by atoms with Crippen molar-refractivity contribution in [2.24, 2.45) is 0 Å². The predicted octanol–water partition coefficient (Wildman–Crippen LogP) is -0.588. The van der Waals surface area contributed by atoms with E-state index in [1.165, 1.54) is 18.2 Å². The maximum absolute atomic E-state index is 12.1. The first-order chi connectivity index (χ1) is 9.00. The van der Waals surface area contributed by atoms with Gasteiger partial charge in [-0.05, 0) is 0 Å². The van der Waals surface area contributed by atoms with Gasteiger partial charge in [-0.2, -0.15) is 0 Å². The first kappa shape index (κ1) is 13.1. The van der Waals surface area contributed by atoms with Gasteiger partial charge in [-0.15, -0.1) is 0 Å². The molecule has 8 nitrogen and oxygen atoms in total. The lowest BCUT2D eigenvalue weighted by molar-refractivity contribution is -0.130. The number of aromatic carboxylic acids is 1. The third-order valence-electron chi connectivity index (χ3n) is 3.07. The number of aromatic amines is 1. The van der Waals surface area contributed by atoms with Gasteiger partial charge in [0.25, 0.3) is 5.91 Å². The van der Waals surface area contributed by atoms with E-state index in [1.807, 2.05) is 0 Å². The van der Waals surface area contributed by atoms with Gasteiger partial charge in [0.2, 0.25) is 5.91 Å². The monoisotopic (exact) mass is 266 g/mol. The second-order valence-corrected chi connectivity index (χ2v) is 4.23. The van der Waals surface area contributed by atoms with E-state index in [0.717, 1.165) is 0 Å². The van der Waals surface area contributed by atoms with Crippen LogP contribution in [-0.4, -0.2) is 68.8 Å². The van der Waals surface area contributed by atoms with Crippen LogP contribution in [0.15, 0.2) is 6.33 Å². The van der Waals surface area contributed by atoms with Crippen molar-refractivity contribution in [3.63, 3.8) is 0 Å². The molecule has 1 saturated heterocycles. The number of carboxylic acid groups (broad SMARTS) is 1. The van der Waals surface area contributed by atoms with Crippen LogP contribution in [-0.2, 0) is 4.79 Å². The van der Waals surface area contributed by atoms with Gasteiger partial charge < -0.3 is 19.9 Å². The molecule has 0 saturated carbocycles. The van der Waals surface area contributed by atoms with Gasteiger partial charge in [-0.25, -0.2) is 9.78 Å². The topological polar surface area (TPSA) is 107 Å². The molecule has 0 aromatic carbocycles. The fourth-order valence-electron chi connectivity index (χ4n) is 1.99. The molecule has 0 spiro atoms. The Bertz CT molecular complexity index is 517. The van der Waals surface area contributed by atoms with Crippen LogP contribution in [0.3, 0.4) is 0 Å². The molecule has 2 amide bonds. The Labute approximate surface area is 109 Å². The van der Waals surface area contributed by atoms with E-state index < -0.39 is 11.9 Å². The first-order valence-electron chi connectivity index (χ1n) is 5.82. The maximum atomic E-state index is 12.1. The van der Waals surface area contributed by atoms with Crippen LogP contribution in [0.4, 0.5) is 0 Å². The Hall–Kier alpha value is -2.38. The first-order valence-corrected chi connectivity index (χ1v) is 5.82. The number of amides is 2. The maximum Gasteiger partial charge on any atom is 0.354 e. The largest absolute Gasteiger partial charge is 0.477 e. The minimum atomic E-state index is -1.22. The molecule has 0 atom stereocenters. The van der Waals surface area contributed by atoms with Gasteiger partial charge in [0.15, 0.2) is 11.4 Å². The van der Waals surface area contributed by atoms with Gasteiger partial charge in [-0.3, -0.25) is 9.59 Å². The van der Waals surface area contributed by atoms with E-state index in [1.54, 1.807) is 4.90 Å². The Balaban J connectivity index is 2.07. The number of H-pyrrole nitrogens is 1. The van der Waals surface area contributed by atoms with Crippen molar-refractivity contribution in [2.45, 2.75) is 6.92 Å². The number of nitrogens with one attached hydrogen (secondary N) is 1. The zero-order chi connectivity index (χ0) is 14.0. The molecular formula is C11H14N4O4. The normalized spacial score (nSPS) is 15.4. The highest BCUT2D eigenvalue weighted by Crippen LogP contribution is 2.10. The predicted molar refractivity (Wildman–Crippen MR) is 63.7 cm³/mol. The van der Waals surface area contributed by atoms with Crippen molar-refractivity contribution >= 4 is 17.8 Å². The number of carbonyl (C=O) groups excluding carboxylic acids is 2. The summed E-state index contributed by atoms with van der Waals surface area (Å²) in [5, 5.41) is 8.92. The van der Waals surface area contributed by atoms with Gasteiger partial charge in [0.05, 0.1) is 6.33 Å². The van der Waals surface area contributed by atoms with E-state index >= 15 is 0 Å². The van der Waals surface area contributed by atoms with Crippen molar-refractivity contribution in [3.8, 4) is 0 Å². The smallest absolute Gasteiger partial charge is 0.354 e. The number of carboxylic acids is 1. The highest BCUT2D eigenvalue weighted by Gasteiger charge is 2.27. The van der Waals surface area contributed by atoms with Gasteiger partial charge >= 0.3 is 5.97 Å². The minimum absolute atomic E-state index is 0.0295. The number of carbonyl (C=O) groups is 3. The molecule has 0 radical (unpaired) electrons. The van der Waals surface area contributed by atoms with Gasteiger partial charge in [-0.1, -0.05) is 0 Å². The van der Waals surface area contributed by atoms with Crippen LogP contribution in [0.2, 0.25) is 0 Å². The van der Waals surface area contributed by atoms with Crippen molar-refractivity contribution in [3.05, 3.63) is 17.7 Å². The molecule has 1 aliphatic heterocycles. The molecule has 1 fully saturated rings. The molecule has 1 aromatic rings. The lowest BCUT2D eigenvalue weighted by atomic mass is 10.2. The quantitative estimate of drug-likeness (QED) is 0.744. The summed E-state index contributed by atoms with van der Waals surface area (Å²) >= 11 is 0. The molecule has 1 aliphatic rings. The average molecular weight is 266 g/mol. The van der Waals surface area contributed by atoms with Gasteiger partial charge in [0, 0.05) is 33.1 Å². The summed E-state index contributed by atoms with van der Waals surface area (Å²) in [4.78, 5) is 43.6. The minimum Gasteiger partial charge on any atom is -0.477 e. The van der Waals surface area contributed by atoms with Crippen LogP contribution in [0.25, 0.3) is 0 Å². The second kappa shape index (κ2) is 5.09. The zero-order valence-corrected chi connectivity index (χ0v) is 10.4.